The fourth-order valence-electron chi connectivity index (χ4n) is 4.32. The Labute approximate surface area is 182 Å². The minimum atomic E-state index is -3.73. The van der Waals surface area contributed by atoms with Crippen molar-refractivity contribution in [3.8, 4) is 0 Å². The fourth-order valence-corrected chi connectivity index (χ4v) is 5.89. The van der Waals surface area contributed by atoms with Crippen LogP contribution in [0.2, 0.25) is 0 Å². The van der Waals surface area contributed by atoms with Crippen molar-refractivity contribution >= 4 is 27.5 Å². The van der Waals surface area contributed by atoms with Crippen LogP contribution in [-0.2, 0) is 32.6 Å². The Morgan fingerprint density at radius 2 is 2.03 bits per heavy atom. The third kappa shape index (κ3) is 4.52. The van der Waals surface area contributed by atoms with Gasteiger partial charge in [0.15, 0.2) is 0 Å². The summed E-state index contributed by atoms with van der Waals surface area (Å²) in [6.07, 6.45) is 4.36. The smallest absolute Gasteiger partial charge is 0.243 e. The molecule has 0 saturated carbocycles. The summed E-state index contributed by atoms with van der Waals surface area (Å²) in [7, 11) is -3.73. The SMILES string of the molecule is CC(=O)N1CCCc2cc(S(=O)(=O)N3CCC[C@@H](C(=O)NCc4ccco4)C3)ccc21. The number of carbonyl (C=O) groups excluding carboxylic acids is 2. The largest absolute Gasteiger partial charge is 0.467 e. The summed E-state index contributed by atoms with van der Waals surface area (Å²) in [4.78, 5) is 26.4. The molecule has 1 fully saturated rings. The summed E-state index contributed by atoms with van der Waals surface area (Å²) in [6, 6.07) is 8.50. The van der Waals surface area contributed by atoms with Crippen LogP contribution in [0.3, 0.4) is 0 Å². The van der Waals surface area contributed by atoms with E-state index in [9.17, 15) is 18.0 Å². The highest BCUT2D eigenvalue weighted by atomic mass is 32.2. The fraction of sp³-hybridized carbons (Fsp3) is 0.455. The van der Waals surface area contributed by atoms with E-state index in [4.69, 9.17) is 4.42 Å². The molecule has 4 rings (SSSR count). The molecule has 2 aliphatic heterocycles. The monoisotopic (exact) mass is 445 g/mol. The maximum absolute atomic E-state index is 13.3. The van der Waals surface area contributed by atoms with Gasteiger partial charge in [0.2, 0.25) is 21.8 Å². The Morgan fingerprint density at radius 3 is 2.77 bits per heavy atom. The molecule has 2 aromatic rings. The van der Waals surface area contributed by atoms with Gasteiger partial charge in [-0.05, 0) is 61.6 Å². The minimum absolute atomic E-state index is 0.0454. The van der Waals surface area contributed by atoms with Gasteiger partial charge in [0.1, 0.15) is 5.76 Å². The van der Waals surface area contributed by atoms with Gasteiger partial charge in [-0.2, -0.15) is 4.31 Å². The predicted molar refractivity (Wildman–Crippen MR) is 115 cm³/mol. The van der Waals surface area contributed by atoms with Gasteiger partial charge in [-0.25, -0.2) is 8.42 Å². The number of piperidine rings is 1. The number of sulfonamides is 1. The molecule has 1 N–H and O–H groups in total. The zero-order chi connectivity index (χ0) is 22.0. The molecule has 2 amide bonds. The predicted octanol–water partition coefficient (Wildman–Crippen LogP) is 2.30. The van der Waals surface area contributed by atoms with E-state index in [1.807, 2.05) is 0 Å². The quantitative estimate of drug-likeness (QED) is 0.761. The third-order valence-electron chi connectivity index (χ3n) is 5.96. The van der Waals surface area contributed by atoms with Crippen LogP contribution in [-0.4, -0.2) is 44.2 Å². The Bertz CT molecular complexity index is 1060. The minimum Gasteiger partial charge on any atom is -0.467 e. The van der Waals surface area contributed by atoms with E-state index in [0.717, 1.165) is 24.1 Å². The van der Waals surface area contributed by atoms with Crippen molar-refractivity contribution in [2.75, 3.05) is 24.5 Å². The van der Waals surface area contributed by atoms with Crippen molar-refractivity contribution in [3.05, 3.63) is 47.9 Å². The molecule has 1 atom stereocenters. The Balaban J connectivity index is 1.48. The van der Waals surface area contributed by atoms with E-state index >= 15 is 0 Å². The Morgan fingerprint density at radius 1 is 1.19 bits per heavy atom. The first-order valence-electron chi connectivity index (χ1n) is 10.6. The maximum Gasteiger partial charge on any atom is 0.243 e. The van der Waals surface area contributed by atoms with E-state index in [2.05, 4.69) is 5.32 Å². The summed E-state index contributed by atoms with van der Waals surface area (Å²) < 4.78 is 33.2. The van der Waals surface area contributed by atoms with E-state index in [1.54, 1.807) is 41.5 Å². The van der Waals surface area contributed by atoms with E-state index in [-0.39, 0.29) is 29.8 Å². The van der Waals surface area contributed by atoms with Gasteiger partial charge in [0, 0.05) is 32.2 Å². The Kier molecular flexibility index (Phi) is 6.15. The molecule has 1 saturated heterocycles. The molecular weight excluding hydrogens is 418 g/mol. The topological polar surface area (TPSA) is 99.9 Å². The number of carbonyl (C=O) groups is 2. The number of hydrogen-bond donors (Lipinski definition) is 1. The number of rotatable bonds is 5. The number of anilines is 1. The van der Waals surface area contributed by atoms with Crippen molar-refractivity contribution in [1.29, 1.82) is 0 Å². The van der Waals surface area contributed by atoms with Gasteiger partial charge in [-0.15, -0.1) is 0 Å². The van der Waals surface area contributed by atoms with Crippen LogP contribution in [0.15, 0.2) is 45.9 Å². The highest BCUT2D eigenvalue weighted by Gasteiger charge is 2.34. The molecule has 0 spiro atoms. The molecule has 31 heavy (non-hydrogen) atoms. The Hall–Kier alpha value is -2.65. The molecule has 1 aromatic carbocycles. The number of nitrogens with zero attached hydrogens (tertiary/aromatic N) is 2. The number of benzene rings is 1. The van der Waals surface area contributed by atoms with Crippen molar-refractivity contribution in [1.82, 2.24) is 9.62 Å². The average molecular weight is 446 g/mol. The lowest BCUT2D eigenvalue weighted by Gasteiger charge is -2.32. The summed E-state index contributed by atoms with van der Waals surface area (Å²) in [5.41, 5.74) is 1.65. The first-order chi connectivity index (χ1) is 14.9. The molecule has 0 aliphatic carbocycles. The number of furan rings is 1. The number of hydrogen-bond acceptors (Lipinski definition) is 5. The summed E-state index contributed by atoms with van der Waals surface area (Å²) in [5.74, 6) is 0.0430. The highest BCUT2D eigenvalue weighted by molar-refractivity contribution is 7.89. The van der Waals surface area contributed by atoms with Gasteiger partial charge in [0.25, 0.3) is 0 Å². The van der Waals surface area contributed by atoms with Crippen molar-refractivity contribution < 1.29 is 22.4 Å². The number of nitrogens with one attached hydrogen (secondary N) is 1. The van der Waals surface area contributed by atoms with Crippen LogP contribution in [0.5, 0.6) is 0 Å². The molecule has 9 heteroatoms. The van der Waals surface area contributed by atoms with E-state index < -0.39 is 15.9 Å². The molecule has 166 valence electrons. The maximum atomic E-state index is 13.3. The lowest BCUT2D eigenvalue weighted by molar-refractivity contribution is -0.126. The molecule has 1 aromatic heterocycles. The molecule has 2 aliphatic rings. The highest BCUT2D eigenvalue weighted by Crippen LogP contribution is 2.31. The second-order valence-electron chi connectivity index (χ2n) is 8.06. The number of fused-ring (bicyclic) bond motifs is 1. The van der Waals surface area contributed by atoms with E-state index in [1.165, 1.54) is 11.2 Å². The van der Waals surface area contributed by atoms with Crippen molar-refractivity contribution in [2.24, 2.45) is 5.92 Å². The van der Waals surface area contributed by atoms with Gasteiger partial charge < -0.3 is 14.6 Å². The lowest BCUT2D eigenvalue weighted by Crippen LogP contribution is -2.45. The summed E-state index contributed by atoms with van der Waals surface area (Å²) in [6.45, 7) is 3.00. The van der Waals surface area contributed by atoms with Gasteiger partial charge in [-0.3, -0.25) is 9.59 Å². The average Bonchev–Trinajstić information content (AvgIpc) is 3.30. The molecule has 0 unspecified atom stereocenters. The second-order valence-corrected chi connectivity index (χ2v) is 10.0. The first kappa shape index (κ1) is 21.6. The van der Waals surface area contributed by atoms with Crippen LogP contribution in [0.25, 0.3) is 0 Å². The zero-order valence-electron chi connectivity index (χ0n) is 17.5. The standard InChI is InChI=1S/C22H27N3O5S/c1-16(26)25-11-3-5-17-13-20(8-9-21(17)25)31(28,29)24-10-2-6-18(15-24)22(27)23-14-19-7-4-12-30-19/h4,7-9,12-13,18H,2-3,5-6,10-11,14-15H2,1H3,(H,23,27)/t18-/m1/s1. The summed E-state index contributed by atoms with van der Waals surface area (Å²) >= 11 is 0. The van der Waals surface area contributed by atoms with Crippen LogP contribution in [0, 0.1) is 5.92 Å². The van der Waals surface area contributed by atoms with Crippen LogP contribution < -0.4 is 10.2 Å². The third-order valence-corrected chi connectivity index (χ3v) is 7.82. The van der Waals surface area contributed by atoms with Gasteiger partial charge in [-0.1, -0.05) is 0 Å². The number of aryl methyl sites for hydroxylation is 1. The van der Waals surface area contributed by atoms with Gasteiger partial charge >= 0.3 is 0 Å². The van der Waals surface area contributed by atoms with Crippen molar-refractivity contribution in [2.45, 2.75) is 44.0 Å². The van der Waals surface area contributed by atoms with Gasteiger partial charge in [0.05, 0.1) is 23.6 Å². The van der Waals surface area contributed by atoms with Crippen LogP contribution in [0.1, 0.15) is 37.5 Å². The summed E-state index contributed by atoms with van der Waals surface area (Å²) in [5, 5.41) is 2.83. The van der Waals surface area contributed by atoms with Crippen LogP contribution in [0.4, 0.5) is 5.69 Å². The first-order valence-corrected chi connectivity index (χ1v) is 12.0. The van der Waals surface area contributed by atoms with E-state index in [0.29, 0.717) is 31.7 Å². The zero-order valence-corrected chi connectivity index (χ0v) is 18.4. The number of amides is 2. The molecule has 3 heterocycles. The molecule has 0 bridgehead atoms. The molecular formula is C22H27N3O5S. The molecule has 8 nitrogen and oxygen atoms in total. The second kappa shape index (κ2) is 8.84. The van der Waals surface area contributed by atoms with Crippen LogP contribution >= 0.6 is 0 Å². The van der Waals surface area contributed by atoms with Crippen molar-refractivity contribution in [3.63, 3.8) is 0 Å². The lowest BCUT2D eigenvalue weighted by atomic mass is 9.99. The molecule has 0 radical (unpaired) electrons. The normalized spacial score (nSPS) is 19.6.